The van der Waals surface area contributed by atoms with Gasteiger partial charge >= 0.3 is 5.97 Å². The Labute approximate surface area is 107 Å². The van der Waals surface area contributed by atoms with Gasteiger partial charge in [0.05, 0.1) is 0 Å². The van der Waals surface area contributed by atoms with Crippen molar-refractivity contribution in [2.24, 2.45) is 0 Å². The number of hydrogen-bond acceptors (Lipinski definition) is 3. The molecule has 0 aliphatic heterocycles. The molecule has 0 saturated heterocycles. The molecule has 1 unspecified atom stereocenters. The van der Waals surface area contributed by atoms with Crippen molar-refractivity contribution in [2.75, 3.05) is 18.6 Å². The predicted octanol–water partition coefficient (Wildman–Crippen LogP) is 0.0711. The van der Waals surface area contributed by atoms with Crippen LogP contribution in [0.4, 0.5) is 0 Å². The molecular weight excluding hydrogens is 256 g/mol. The third-order valence-corrected chi connectivity index (χ3v) is 3.13. The summed E-state index contributed by atoms with van der Waals surface area (Å²) >= 11 is 0. The molecule has 0 fully saturated rings. The van der Waals surface area contributed by atoms with E-state index in [1.54, 1.807) is 24.6 Å². The van der Waals surface area contributed by atoms with Gasteiger partial charge in [0, 0.05) is 35.5 Å². The van der Waals surface area contributed by atoms with E-state index in [4.69, 9.17) is 5.11 Å². The number of amides is 1. The normalized spacial score (nSPS) is 12.1. The minimum absolute atomic E-state index is 0.241. The van der Waals surface area contributed by atoms with Gasteiger partial charge in [0.1, 0.15) is 12.2 Å². The summed E-state index contributed by atoms with van der Waals surface area (Å²) in [7, 11) is -0.863. The Morgan fingerprint density at radius 3 is 2.83 bits per heavy atom. The maximum Gasteiger partial charge on any atom is 0.323 e. The highest BCUT2D eigenvalue weighted by atomic mass is 32.2. The number of carboxylic acid groups (broad SMARTS) is 1. The van der Waals surface area contributed by atoms with Gasteiger partial charge in [0.25, 0.3) is 5.91 Å². The molecule has 0 bridgehead atoms. The largest absolute Gasteiger partial charge is 0.480 e. The number of carboxylic acids is 1. The average Bonchev–Trinajstić information content (AvgIpc) is 2.71. The lowest BCUT2D eigenvalue weighted by molar-refractivity contribution is -0.137. The van der Waals surface area contributed by atoms with E-state index in [2.05, 4.69) is 5.32 Å². The molecule has 1 rings (SSSR count). The van der Waals surface area contributed by atoms with Crippen LogP contribution in [0.3, 0.4) is 0 Å². The molecule has 1 amide bonds. The third-order valence-electron chi connectivity index (χ3n) is 2.26. The zero-order valence-corrected chi connectivity index (χ0v) is 10.9. The Kier molecular flexibility index (Phi) is 5.57. The van der Waals surface area contributed by atoms with Gasteiger partial charge in [-0.3, -0.25) is 13.8 Å². The second kappa shape index (κ2) is 6.95. The molecule has 0 spiro atoms. The van der Waals surface area contributed by atoms with E-state index in [0.717, 1.165) is 0 Å². The van der Waals surface area contributed by atoms with Crippen LogP contribution in [-0.2, 0) is 22.1 Å². The molecule has 0 aliphatic carbocycles. The van der Waals surface area contributed by atoms with Crippen LogP contribution in [0.1, 0.15) is 16.9 Å². The summed E-state index contributed by atoms with van der Waals surface area (Å²) in [4.78, 5) is 22.3. The van der Waals surface area contributed by atoms with Crippen molar-refractivity contribution >= 4 is 22.7 Å². The standard InChI is InChI=1S/C11H16N2O4S/c1-18(17)7-3-5-12-11(16)9-4-2-6-13(9)8-10(14)15/h2,4,6H,3,5,7-8H2,1H3,(H,12,16)(H,14,15). The van der Waals surface area contributed by atoms with E-state index in [1.165, 1.54) is 4.57 Å². The number of nitrogens with one attached hydrogen (secondary N) is 1. The van der Waals surface area contributed by atoms with Gasteiger partial charge in [-0.15, -0.1) is 0 Å². The fourth-order valence-corrected chi connectivity index (χ4v) is 2.02. The molecule has 18 heavy (non-hydrogen) atoms. The van der Waals surface area contributed by atoms with Crippen molar-refractivity contribution in [1.29, 1.82) is 0 Å². The van der Waals surface area contributed by atoms with Gasteiger partial charge in [-0.05, 0) is 18.6 Å². The van der Waals surface area contributed by atoms with Crippen LogP contribution >= 0.6 is 0 Å². The monoisotopic (exact) mass is 272 g/mol. The van der Waals surface area contributed by atoms with Crippen LogP contribution in [0, 0.1) is 0 Å². The number of aliphatic carboxylic acids is 1. The molecule has 7 heteroatoms. The number of carbonyl (C=O) groups excluding carboxylic acids is 1. The topological polar surface area (TPSA) is 88.4 Å². The van der Waals surface area contributed by atoms with E-state index in [0.29, 0.717) is 24.4 Å². The van der Waals surface area contributed by atoms with Crippen molar-refractivity contribution < 1.29 is 18.9 Å². The van der Waals surface area contributed by atoms with Gasteiger partial charge in [-0.25, -0.2) is 0 Å². The number of carbonyl (C=O) groups is 2. The van der Waals surface area contributed by atoms with E-state index in [1.807, 2.05) is 0 Å². The Morgan fingerprint density at radius 2 is 2.22 bits per heavy atom. The average molecular weight is 272 g/mol. The van der Waals surface area contributed by atoms with Gasteiger partial charge in [0.2, 0.25) is 0 Å². The third kappa shape index (κ3) is 4.70. The minimum Gasteiger partial charge on any atom is -0.480 e. The van der Waals surface area contributed by atoms with E-state index in [-0.39, 0.29) is 12.5 Å². The molecule has 1 aromatic heterocycles. The molecule has 1 aromatic rings. The van der Waals surface area contributed by atoms with Crippen LogP contribution in [0.25, 0.3) is 0 Å². The molecule has 100 valence electrons. The van der Waals surface area contributed by atoms with Crippen LogP contribution in [0.2, 0.25) is 0 Å². The highest BCUT2D eigenvalue weighted by Gasteiger charge is 2.11. The molecule has 1 atom stereocenters. The van der Waals surface area contributed by atoms with Crippen molar-refractivity contribution in [3.05, 3.63) is 24.0 Å². The zero-order chi connectivity index (χ0) is 13.5. The van der Waals surface area contributed by atoms with Crippen LogP contribution in [-0.4, -0.2) is 44.3 Å². The van der Waals surface area contributed by atoms with Crippen molar-refractivity contribution in [2.45, 2.75) is 13.0 Å². The maximum atomic E-state index is 11.8. The molecule has 0 aliphatic rings. The first-order chi connectivity index (χ1) is 8.50. The highest BCUT2D eigenvalue weighted by Crippen LogP contribution is 2.02. The smallest absolute Gasteiger partial charge is 0.323 e. The molecule has 2 N–H and O–H groups in total. The number of rotatable bonds is 7. The molecule has 6 nitrogen and oxygen atoms in total. The summed E-state index contributed by atoms with van der Waals surface area (Å²) in [6, 6.07) is 3.19. The van der Waals surface area contributed by atoms with E-state index >= 15 is 0 Å². The predicted molar refractivity (Wildman–Crippen MR) is 68.0 cm³/mol. The quantitative estimate of drug-likeness (QED) is 0.688. The number of nitrogens with zero attached hydrogens (tertiary/aromatic N) is 1. The van der Waals surface area contributed by atoms with E-state index < -0.39 is 16.8 Å². The Hall–Kier alpha value is -1.63. The second-order valence-corrected chi connectivity index (χ2v) is 5.36. The fraction of sp³-hybridized carbons (Fsp3) is 0.455. The number of aromatic nitrogens is 1. The van der Waals surface area contributed by atoms with Crippen LogP contribution in [0.15, 0.2) is 18.3 Å². The zero-order valence-electron chi connectivity index (χ0n) is 10.1. The summed E-state index contributed by atoms with van der Waals surface area (Å²) in [5.74, 6) is -0.777. The molecule has 0 radical (unpaired) electrons. The maximum absolute atomic E-state index is 11.8. The molecule has 0 aromatic carbocycles. The van der Waals surface area contributed by atoms with Crippen LogP contribution in [0.5, 0.6) is 0 Å². The number of hydrogen-bond donors (Lipinski definition) is 2. The highest BCUT2D eigenvalue weighted by molar-refractivity contribution is 7.84. The van der Waals surface area contributed by atoms with Gasteiger partial charge < -0.3 is 15.0 Å². The fourth-order valence-electron chi connectivity index (χ4n) is 1.47. The van der Waals surface area contributed by atoms with Crippen molar-refractivity contribution in [3.8, 4) is 0 Å². The second-order valence-electron chi connectivity index (χ2n) is 3.80. The van der Waals surface area contributed by atoms with Gasteiger partial charge in [-0.2, -0.15) is 0 Å². The first kappa shape index (κ1) is 14.4. The summed E-state index contributed by atoms with van der Waals surface area (Å²) in [5.41, 5.74) is 0.315. The summed E-state index contributed by atoms with van der Waals surface area (Å²) in [6.07, 6.45) is 3.79. The summed E-state index contributed by atoms with van der Waals surface area (Å²) in [6.45, 7) is 0.186. The first-order valence-electron chi connectivity index (χ1n) is 5.46. The SMILES string of the molecule is CS(=O)CCCNC(=O)c1cccn1CC(=O)O. The van der Waals surface area contributed by atoms with Crippen LogP contribution < -0.4 is 5.32 Å². The lowest BCUT2D eigenvalue weighted by atomic mass is 10.3. The Bertz CT molecular complexity index is 456. The molecular formula is C11H16N2O4S. The molecule has 0 saturated carbocycles. The summed E-state index contributed by atoms with van der Waals surface area (Å²) in [5, 5.41) is 11.3. The summed E-state index contributed by atoms with van der Waals surface area (Å²) < 4.78 is 12.2. The van der Waals surface area contributed by atoms with Gasteiger partial charge in [-0.1, -0.05) is 0 Å². The Morgan fingerprint density at radius 1 is 1.50 bits per heavy atom. The van der Waals surface area contributed by atoms with E-state index in [9.17, 15) is 13.8 Å². The lowest BCUT2D eigenvalue weighted by Gasteiger charge is -2.07. The first-order valence-corrected chi connectivity index (χ1v) is 7.18. The van der Waals surface area contributed by atoms with Crippen molar-refractivity contribution in [3.63, 3.8) is 0 Å². The lowest BCUT2D eigenvalue weighted by Crippen LogP contribution is -2.28. The molecule has 1 heterocycles. The minimum atomic E-state index is -0.998. The Balaban J connectivity index is 2.48. The van der Waals surface area contributed by atoms with Crippen molar-refractivity contribution in [1.82, 2.24) is 9.88 Å². The van der Waals surface area contributed by atoms with Gasteiger partial charge in [0.15, 0.2) is 0 Å².